The number of halogens is 1. The van der Waals surface area contributed by atoms with E-state index < -0.39 is 0 Å². The standard InChI is InChI=1S/C16H15ClN4/c17-14-10-19-16(7-12(14)8-18-13-5-6-13)21-15-4-2-1-3-11(15)9-20-21/h1-4,7,9-10,13,18H,5-6,8H2. The van der Waals surface area contributed by atoms with E-state index in [0.717, 1.165) is 28.8 Å². The molecule has 106 valence electrons. The molecule has 1 fully saturated rings. The predicted molar refractivity (Wildman–Crippen MR) is 83.7 cm³/mol. The highest BCUT2D eigenvalue weighted by Crippen LogP contribution is 2.23. The zero-order valence-corrected chi connectivity index (χ0v) is 12.2. The van der Waals surface area contributed by atoms with Crippen LogP contribution in [0.4, 0.5) is 0 Å². The Kier molecular flexibility index (Phi) is 3.13. The topological polar surface area (TPSA) is 42.7 Å². The number of nitrogens with one attached hydrogen (secondary N) is 1. The van der Waals surface area contributed by atoms with Gasteiger partial charge in [-0.2, -0.15) is 5.10 Å². The zero-order valence-electron chi connectivity index (χ0n) is 11.5. The lowest BCUT2D eigenvalue weighted by Gasteiger charge is -2.08. The van der Waals surface area contributed by atoms with Gasteiger partial charge in [-0.1, -0.05) is 29.8 Å². The number of aromatic nitrogens is 3. The lowest BCUT2D eigenvalue weighted by Crippen LogP contribution is -2.16. The molecule has 0 unspecified atom stereocenters. The summed E-state index contributed by atoms with van der Waals surface area (Å²) < 4.78 is 1.85. The van der Waals surface area contributed by atoms with Crippen molar-refractivity contribution in [2.24, 2.45) is 0 Å². The van der Waals surface area contributed by atoms with Crippen molar-refractivity contribution < 1.29 is 0 Å². The van der Waals surface area contributed by atoms with Crippen LogP contribution in [-0.4, -0.2) is 20.8 Å². The first kappa shape index (κ1) is 12.8. The number of para-hydroxylation sites is 1. The molecule has 4 rings (SSSR count). The number of pyridine rings is 1. The SMILES string of the molecule is Clc1cnc(-n2ncc3ccccc32)cc1CNC1CC1. The molecule has 5 heteroatoms. The van der Waals surface area contributed by atoms with Crippen molar-refractivity contribution >= 4 is 22.5 Å². The van der Waals surface area contributed by atoms with E-state index in [2.05, 4.69) is 15.4 Å². The molecule has 1 aliphatic rings. The first-order chi connectivity index (χ1) is 10.3. The molecule has 0 spiro atoms. The second-order valence-electron chi connectivity index (χ2n) is 5.40. The molecule has 1 saturated carbocycles. The first-order valence-electron chi connectivity index (χ1n) is 7.12. The van der Waals surface area contributed by atoms with Gasteiger partial charge in [0.1, 0.15) is 0 Å². The number of rotatable bonds is 4. The number of hydrogen-bond acceptors (Lipinski definition) is 3. The predicted octanol–water partition coefficient (Wildman–Crippen LogP) is 3.33. The third-order valence-corrected chi connectivity index (χ3v) is 4.11. The normalized spacial score (nSPS) is 14.7. The Morgan fingerprint density at radius 3 is 2.95 bits per heavy atom. The van der Waals surface area contributed by atoms with Crippen LogP contribution >= 0.6 is 11.6 Å². The zero-order chi connectivity index (χ0) is 14.2. The Balaban J connectivity index is 1.72. The maximum atomic E-state index is 6.25. The molecule has 0 saturated heterocycles. The summed E-state index contributed by atoms with van der Waals surface area (Å²) >= 11 is 6.25. The summed E-state index contributed by atoms with van der Waals surface area (Å²) in [7, 11) is 0. The number of fused-ring (bicyclic) bond motifs is 1. The highest BCUT2D eigenvalue weighted by molar-refractivity contribution is 6.31. The smallest absolute Gasteiger partial charge is 0.154 e. The minimum absolute atomic E-state index is 0.656. The number of benzene rings is 1. The van der Waals surface area contributed by atoms with Crippen LogP contribution in [0, 0.1) is 0 Å². The van der Waals surface area contributed by atoms with E-state index >= 15 is 0 Å². The van der Waals surface area contributed by atoms with Crippen molar-refractivity contribution in [2.45, 2.75) is 25.4 Å². The van der Waals surface area contributed by atoms with E-state index in [1.54, 1.807) is 6.20 Å². The summed E-state index contributed by atoms with van der Waals surface area (Å²) in [6, 6.07) is 10.8. The van der Waals surface area contributed by atoms with Crippen molar-refractivity contribution in [3.63, 3.8) is 0 Å². The maximum Gasteiger partial charge on any atom is 0.154 e. The summed E-state index contributed by atoms with van der Waals surface area (Å²) in [4.78, 5) is 4.42. The Hall–Kier alpha value is -1.91. The minimum atomic E-state index is 0.656. The molecule has 1 aromatic carbocycles. The lowest BCUT2D eigenvalue weighted by atomic mass is 10.2. The summed E-state index contributed by atoms with van der Waals surface area (Å²) in [5.74, 6) is 0.799. The van der Waals surface area contributed by atoms with Gasteiger partial charge in [0, 0.05) is 24.2 Å². The van der Waals surface area contributed by atoms with Crippen LogP contribution in [0.2, 0.25) is 5.02 Å². The third-order valence-electron chi connectivity index (χ3n) is 3.77. The van der Waals surface area contributed by atoms with Gasteiger partial charge in [0.05, 0.1) is 16.7 Å². The van der Waals surface area contributed by atoms with Gasteiger partial charge in [-0.15, -0.1) is 0 Å². The van der Waals surface area contributed by atoms with Crippen LogP contribution in [0.25, 0.3) is 16.7 Å². The van der Waals surface area contributed by atoms with Crippen molar-refractivity contribution in [3.8, 4) is 5.82 Å². The van der Waals surface area contributed by atoms with Gasteiger partial charge in [0.15, 0.2) is 5.82 Å². The second-order valence-corrected chi connectivity index (χ2v) is 5.81. The molecule has 0 atom stereocenters. The Morgan fingerprint density at radius 1 is 1.24 bits per heavy atom. The summed E-state index contributed by atoms with van der Waals surface area (Å²) in [5, 5.41) is 9.72. The van der Waals surface area contributed by atoms with Crippen LogP contribution in [0.1, 0.15) is 18.4 Å². The molecular formula is C16H15ClN4. The van der Waals surface area contributed by atoms with Crippen molar-refractivity contribution in [1.82, 2.24) is 20.1 Å². The lowest BCUT2D eigenvalue weighted by molar-refractivity contribution is 0.686. The van der Waals surface area contributed by atoms with Gasteiger partial charge >= 0.3 is 0 Å². The van der Waals surface area contributed by atoms with Crippen molar-refractivity contribution in [2.75, 3.05) is 0 Å². The fourth-order valence-electron chi connectivity index (χ4n) is 2.42. The molecule has 4 nitrogen and oxygen atoms in total. The molecule has 0 radical (unpaired) electrons. The minimum Gasteiger partial charge on any atom is -0.310 e. The van der Waals surface area contributed by atoms with Crippen LogP contribution < -0.4 is 5.32 Å². The summed E-state index contributed by atoms with van der Waals surface area (Å²) in [5.41, 5.74) is 2.11. The fraction of sp³-hybridized carbons (Fsp3) is 0.250. The largest absolute Gasteiger partial charge is 0.310 e. The van der Waals surface area contributed by atoms with E-state index in [4.69, 9.17) is 11.6 Å². The van der Waals surface area contributed by atoms with Crippen molar-refractivity contribution in [1.29, 1.82) is 0 Å². The molecule has 0 bridgehead atoms. The quantitative estimate of drug-likeness (QED) is 0.803. The average Bonchev–Trinajstić information content (AvgIpc) is 3.24. The van der Waals surface area contributed by atoms with E-state index in [9.17, 15) is 0 Å². The van der Waals surface area contributed by atoms with Crippen LogP contribution in [0.15, 0.2) is 42.7 Å². The number of nitrogens with zero attached hydrogens (tertiary/aromatic N) is 3. The molecule has 2 aromatic heterocycles. The Labute approximate surface area is 127 Å². The van der Waals surface area contributed by atoms with E-state index in [1.807, 2.05) is 41.2 Å². The highest BCUT2D eigenvalue weighted by Gasteiger charge is 2.20. The molecule has 3 aromatic rings. The molecule has 1 N–H and O–H groups in total. The maximum absolute atomic E-state index is 6.25. The van der Waals surface area contributed by atoms with E-state index in [0.29, 0.717) is 11.1 Å². The molecule has 0 aliphatic heterocycles. The van der Waals surface area contributed by atoms with Gasteiger partial charge in [-0.05, 0) is 30.5 Å². The Bertz CT molecular complexity index is 792. The van der Waals surface area contributed by atoms with Crippen LogP contribution in [0.3, 0.4) is 0 Å². The Morgan fingerprint density at radius 2 is 2.10 bits per heavy atom. The molecular weight excluding hydrogens is 284 g/mol. The summed E-state index contributed by atoms with van der Waals surface area (Å²) in [6.45, 7) is 0.776. The summed E-state index contributed by atoms with van der Waals surface area (Å²) in [6.07, 6.45) is 6.09. The monoisotopic (exact) mass is 298 g/mol. The van der Waals surface area contributed by atoms with Gasteiger partial charge < -0.3 is 5.32 Å². The first-order valence-corrected chi connectivity index (χ1v) is 7.50. The molecule has 2 heterocycles. The van der Waals surface area contributed by atoms with E-state index in [1.165, 1.54) is 12.8 Å². The van der Waals surface area contributed by atoms with E-state index in [-0.39, 0.29) is 0 Å². The second kappa shape index (κ2) is 5.13. The molecule has 0 amide bonds. The van der Waals surface area contributed by atoms with Gasteiger partial charge in [0.25, 0.3) is 0 Å². The van der Waals surface area contributed by atoms with Gasteiger partial charge in [-0.25, -0.2) is 9.67 Å². The van der Waals surface area contributed by atoms with Gasteiger partial charge in [-0.3, -0.25) is 0 Å². The van der Waals surface area contributed by atoms with Crippen molar-refractivity contribution in [3.05, 3.63) is 53.3 Å². The fourth-order valence-corrected chi connectivity index (χ4v) is 2.59. The number of hydrogen-bond donors (Lipinski definition) is 1. The van der Waals surface area contributed by atoms with Crippen LogP contribution in [0.5, 0.6) is 0 Å². The van der Waals surface area contributed by atoms with Crippen LogP contribution in [-0.2, 0) is 6.54 Å². The molecule has 1 aliphatic carbocycles. The average molecular weight is 299 g/mol. The molecule has 21 heavy (non-hydrogen) atoms. The highest BCUT2D eigenvalue weighted by atomic mass is 35.5. The van der Waals surface area contributed by atoms with Gasteiger partial charge in [0.2, 0.25) is 0 Å². The third kappa shape index (κ3) is 2.52.